The summed E-state index contributed by atoms with van der Waals surface area (Å²) in [7, 11) is 0. The first kappa shape index (κ1) is 17.3. The summed E-state index contributed by atoms with van der Waals surface area (Å²) < 4.78 is 5.84. The van der Waals surface area contributed by atoms with Crippen LogP contribution in [0.15, 0.2) is 72.8 Å². The van der Waals surface area contributed by atoms with Crippen molar-refractivity contribution in [1.82, 2.24) is 0 Å². The van der Waals surface area contributed by atoms with Gasteiger partial charge >= 0.3 is 0 Å². The van der Waals surface area contributed by atoms with Crippen LogP contribution in [0, 0.1) is 0 Å². The summed E-state index contributed by atoms with van der Waals surface area (Å²) in [5.74, 6) is 0.285. The Bertz CT molecular complexity index is 862. The van der Waals surface area contributed by atoms with Gasteiger partial charge in [-0.25, -0.2) is 0 Å². The van der Waals surface area contributed by atoms with E-state index in [1.165, 1.54) is 0 Å². The van der Waals surface area contributed by atoms with E-state index in [4.69, 9.17) is 27.9 Å². The van der Waals surface area contributed by atoms with Crippen molar-refractivity contribution < 1.29 is 9.53 Å². The van der Waals surface area contributed by atoms with E-state index in [0.29, 0.717) is 33.7 Å². The first-order chi connectivity index (χ1) is 12.1. The molecule has 3 aromatic carbocycles. The van der Waals surface area contributed by atoms with Crippen LogP contribution in [-0.2, 0) is 6.61 Å². The van der Waals surface area contributed by atoms with Gasteiger partial charge in [-0.2, -0.15) is 0 Å². The van der Waals surface area contributed by atoms with Crippen LogP contribution in [-0.4, -0.2) is 5.91 Å². The highest BCUT2D eigenvalue weighted by Gasteiger charge is 2.11. The number of hydrogen-bond acceptors (Lipinski definition) is 2. The molecule has 0 unspecified atom stereocenters. The number of hydrogen-bond donors (Lipinski definition) is 1. The van der Waals surface area contributed by atoms with Crippen molar-refractivity contribution in [1.29, 1.82) is 0 Å². The lowest BCUT2D eigenvalue weighted by Crippen LogP contribution is -2.13. The molecule has 0 saturated carbocycles. The fourth-order valence-electron chi connectivity index (χ4n) is 2.31. The summed E-state index contributed by atoms with van der Waals surface area (Å²) in [4.78, 5) is 12.5. The molecule has 0 aromatic heterocycles. The number of halogens is 2. The Labute approximate surface area is 156 Å². The Morgan fingerprint density at radius 2 is 1.52 bits per heavy atom. The van der Waals surface area contributed by atoms with Gasteiger partial charge in [-0.3, -0.25) is 4.79 Å². The maximum absolute atomic E-state index is 12.5. The largest absolute Gasteiger partial charge is 0.487 e. The maximum Gasteiger partial charge on any atom is 0.255 e. The summed E-state index contributed by atoms with van der Waals surface area (Å²) in [6.45, 7) is 0.413. The predicted molar refractivity (Wildman–Crippen MR) is 102 cm³/mol. The summed E-state index contributed by atoms with van der Waals surface area (Å²) in [6, 6.07) is 21.8. The Morgan fingerprint density at radius 1 is 0.880 bits per heavy atom. The fourth-order valence-corrected chi connectivity index (χ4v) is 2.84. The second-order valence-corrected chi connectivity index (χ2v) is 6.26. The van der Waals surface area contributed by atoms with Crippen LogP contribution in [0.2, 0.25) is 10.0 Å². The van der Waals surface area contributed by atoms with Gasteiger partial charge in [-0.1, -0.05) is 65.7 Å². The first-order valence-electron chi connectivity index (χ1n) is 7.65. The highest BCUT2D eigenvalue weighted by atomic mass is 35.5. The summed E-state index contributed by atoms with van der Waals surface area (Å²) in [6.07, 6.45) is 0. The van der Waals surface area contributed by atoms with Gasteiger partial charge in [-0.05, 0) is 35.9 Å². The van der Waals surface area contributed by atoms with Crippen molar-refractivity contribution in [2.75, 3.05) is 5.32 Å². The Balaban J connectivity index is 1.75. The zero-order valence-corrected chi connectivity index (χ0v) is 14.7. The van der Waals surface area contributed by atoms with E-state index in [-0.39, 0.29) is 5.91 Å². The average Bonchev–Trinajstić information content (AvgIpc) is 2.61. The normalized spacial score (nSPS) is 10.3. The molecule has 0 radical (unpaired) electrons. The third kappa shape index (κ3) is 4.75. The number of benzene rings is 3. The second kappa shape index (κ2) is 8.06. The summed E-state index contributed by atoms with van der Waals surface area (Å²) in [5.41, 5.74) is 2.01. The van der Waals surface area contributed by atoms with Gasteiger partial charge in [-0.15, -0.1) is 0 Å². The van der Waals surface area contributed by atoms with Crippen LogP contribution >= 0.6 is 23.2 Å². The molecule has 1 amide bonds. The van der Waals surface area contributed by atoms with Crippen molar-refractivity contribution >= 4 is 34.8 Å². The Morgan fingerprint density at radius 3 is 2.24 bits per heavy atom. The van der Waals surface area contributed by atoms with Crippen LogP contribution in [0.4, 0.5) is 5.69 Å². The summed E-state index contributed by atoms with van der Waals surface area (Å²) >= 11 is 11.9. The lowest BCUT2D eigenvalue weighted by atomic mass is 10.2. The zero-order chi connectivity index (χ0) is 17.6. The van der Waals surface area contributed by atoms with Crippen LogP contribution in [0.25, 0.3) is 0 Å². The molecule has 5 heteroatoms. The quantitative estimate of drug-likeness (QED) is 0.612. The number of ether oxygens (including phenoxy) is 1. The molecule has 0 aliphatic rings. The monoisotopic (exact) mass is 371 g/mol. The van der Waals surface area contributed by atoms with Gasteiger partial charge in [0.15, 0.2) is 0 Å². The molecule has 3 aromatic rings. The van der Waals surface area contributed by atoms with E-state index in [1.54, 1.807) is 24.3 Å². The topological polar surface area (TPSA) is 38.3 Å². The SMILES string of the molecule is O=C(Nc1ccccc1OCc1ccccc1)c1cc(Cl)cc(Cl)c1. The van der Waals surface area contributed by atoms with E-state index in [1.807, 2.05) is 48.5 Å². The predicted octanol–water partition coefficient (Wildman–Crippen LogP) is 5.82. The molecule has 0 saturated heterocycles. The van der Waals surface area contributed by atoms with E-state index in [2.05, 4.69) is 5.32 Å². The molecular formula is C20H15Cl2NO2. The highest BCUT2D eigenvalue weighted by molar-refractivity contribution is 6.35. The van der Waals surface area contributed by atoms with Gasteiger partial charge in [0, 0.05) is 15.6 Å². The third-order valence-electron chi connectivity index (χ3n) is 3.50. The van der Waals surface area contributed by atoms with E-state index < -0.39 is 0 Å². The van der Waals surface area contributed by atoms with Gasteiger partial charge in [0.25, 0.3) is 5.91 Å². The number of para-hydroxylation sites is 2. The smallest absolute Gasteiger partial charge is 0.255 e. The lowest BCUT2D eigenvalue weighted by Gasteiger charge is -2.13. The fraction of sp³-hybridized carbons (Fsp3) is 0.0500. The number of anilines is 1. The molecule has 0 heterocycles. The Hall–Kier alpha value is -2.49. The number of nitrogens with one attached hydrogen (secondary N) is 1. The molecule has 0 aliphatic heterocycles. The molecule has 3 nitrogen and oxygen atoms in total. The van der Waals surface area contributed by atoms with Crippen molar-refractivity contribution in [3.05, 3.63) is 94.0 Å². The zero-order valence-electron chi connectivity index (χ0n) is 13.2. The molecule has 0 bridgehead atoms. The van der Waals surface area contributed by atoms with Crippen LogP contribution in [0.5, 0.6) is 5.75 Å². The van der Waals surface area contributed by atoms with Crippen LogP contribution in [0.1, 0.15) is 15.9 Å². The number of carbonyl (C=O) groups is 1. The molecule has 3 rings (SSSR count). The third-order valence-corrected chi connectivity index (χ3v) is 3.93. The molecule has 0 fully saturated rings. The lowest BCUT2D eigenvalue weighted by molar-refractivity contribution is 0.102. The van der Waals surface area contributed by atoms with Crippen molar-refractivity contribution in [3.63, 3.8) is 0 Å². The maximum atomic E-state index is 12.5. The molecular weight excluding hydrogens is 357 g/mol. The Kier molecular flexibility index (Phi) is 5.59. The van der Waals surface area contributed by atoms with Gasteiger partial charge in [0.1, 0.15) is 12.4 Å². The van der Waals surface area contributed by atoms with Crippen molar-refractivity contribution in [3.8, 4) is 5.75 Å². The van der Waals surface area contributed by atoms with Gasteiger partial charge in [0.2, 0.25) is 0 Å². The molecule has 0 atom stereocenters. The number of rotatable bonds is 5. The molecule has 126 valence electrons. The minimum atomic E-state index is -0.305. The van der Waals surface area contributed by atoms with Crippen LogP contribution in [0.3, 0.4) is 0 Å². The van der Waals surface area contributed by atoms with Crippen LogP contribution < -0.4 is 10.1 Å². The molecule has 0 spiro atoms. The number of carbonyl (C=O) groups excluding carboxylic acids is 1. The highest BCUT2D eigenvalue weighted by Crippen LogP contribution is 2.26. The molecule has 0 aliphatic carbocycles. The second-order valence-electron chi connectivity index (χ2n) is 5.38. The van der Waals surface area contributed by atoms with Gasteiger partial charge < -0.3 is 10.1 Å². The van der Waals surface area contributed by atoms with Crippen molar-refractivity contribution in [2.45, 2.75) is 6.61 Å². The average molecular weight is 372 g/mol. The number of amides is 1. The van der Waals surface area contributed by atoms with E-state index in [9.17, 15) is 4.79 Å². The molecule has 1 N–H and O–H groups in total. The van der Waals surface area contributed by atoms with Gasteiger partial charge in [0.05, 0.1) is 5.69 Å². The van der Waals surface area contributed by atoms with E-state index in [0.717, 1.165) is 5.56 Å². The minimum absolute atomic E-state index is 0.305. The first-order valence-corrected chi connectivity index (χ1v) is 8.40. The van der Waals surface area contributed by atoms with Crippen molar-refractivity contribution in [2.24, 2.45) is 0 Å². The summed E-state index contributed by atoms with van der Waals surface area (Å²) in [5, 5.41) is 3.65. The minimum Gasteiger partial charge on any atom is -0.487 e. The molecule has 25 heavy (non-hydrogen) atoms. The van der Waals surface area contributed by atoms with E-state index >= 15 is 0 Å². The standard InChI is InChI=1S/C20H15Cl2NO2/c21-16-10-15(11-17(22)12-16)20(24)23-18-8-4-5-9-19(18)25-13-14-6-2-1-3-7-14/h1-12H,13H2,(H,23,24).